The first kappa shape index (κ1) is 22.1. The molecule has 184 valence electrons. The van der Waals surface area contributed by atoms with E-state index in [1.807, 2.05) is 24.5 Å². The molecule has 39 heavy (non-hydrogen) atoms. The molecule has 0 amide bonds. The molecule has 0 saturated carbocycles. The van der Waals surface area contributed by atoms with Crippen LogP contribution in [0.1, 0.15) is 0 Å². The maximum absolute atomic E-state index is 6.53. The van der Waals surface area contributed by atoms with Gasteiger partial charge in [-0.2, -0.15) is 0 Å². The van der Waals surface area contributed by atoms with E-state index in [0.29, 0.717) is 0 Å². The second-order valence-electron chi connectivity index (χ2n) is 9.62. The molecule has 0 unspecified atom stereocenters. The van der Waals surface area contributed by atoms with E-state index in [1.54, 1.807) is 11.3 Å². The van der Waals surface area contributed by atoms with Crippen molar-refractivity contribution >= 4 is 70.5 Å². The number of aromatic nitrogens is 1. The third-order valence-corrected chi connectivity index (χ3v) is 8.48. The number of rotatable bonds is 4. The quantitative estimate of drug-likeness (QED) is 0.232. The largest absolute Gasteiger partial charge is 0.454 e. The van der Waals surface area contributed by atoms with Crippen molar-refractivity contribution in [1.82, 2.24) is 4.98 Å². The molecule has 0 saturated heterocycles. The summed E-state index contributed by atoms with van der Waals surface area (Å²) in [5.41, 5.74) is 7.36. The van der Waals surface area contributed by atoms with Gasteiger partial charge >= 0.3 is 0 Å². The van der Waals surface area contributed by atoms with E-state index in [-0.39, 0.29) is 0 Å². The van der Waals surface area contributed by atoms with E-state index < -0.39 is 0 Å². The van der Waals surface area contributed by atoms with Crippen molar-refractivity contribution in [2.45, 2.75) is 0 Å². The third-order valence-electron chi connectivity index (χ3n) is 7.38. The molecule has 0 fully saturated rings. The van der Waals surface area contributed by atoms with Crippen LogP contribution in [0.4, 0.5) is 17.1 Å². The average molecular weight is 519 g/mol. The fraction of sp³-hybridized carbons (Fsp3) is 0. The third kappa shape index (κ3) is 3.53. The summed E-state index contributed by atoms with van der Waals surface area (Å²) in [6.45, 7) is 0. The van der Waals surface area contributed by atoms with Gasteiger partial charge in [0.2, 0.25) is 0 Å². The van der Waals surface area contributed by atoms with Crippen LogP contribution in [0.5, 0.6) is 0 Å². The molecule has 0 atom stereocenters. The van der Waals surface area contributed by atoms with Crippen molar-refractivity contribution in [2.75, 3.05) is 4.90 Å². The number of nitrogens with zero attached hydrogens (tertiary/aromatic N) is 2. The van der Waals surface area contributed by atoms with Crippen LogP contribution >= 0.6 is 11.3 Å². The Labute approximate surface area is 229 Å². The molecule has 4 heteroatoms. The Balaban J connectivity index is 1.42. The van der Waals surface area contributed by atoms with Crippen LogP contribution in [0.2, 0.25) is 0 Å². The van der Waals surface area contributed by atoms with Crippen LogP contribution in [0.15, 0.2) is 138 Å². The number of furan rings is 1. The second kappa shape index (κ2) is 8.83. The summed E-state index contributed by atoms with van der Waals surface area (Å²) in [5, 5.41) is 4.67. The summed E-state index contributed by atoms with van der Waals surface area (Å²) < 4.78 is 8.95. The van der Waals surface area contributed by atoms with Crippen molar-refractivity contribution in [3.05, 3.63) is 134 Å². The number of para-hydroxylation sites is 2. The van der Waals surface area contributed by atoms with Crippen molar-refractivity contribution in [3.8, 4) is 11.1 Å². The summed E-state index contributed by atoms with van der Waals surface area (Å²) in [5.74, 6) is 0. The Morgan fingerprint density at radius 2 is 1.31 bits per heavy atom. The van der Waals surface area contributed by atoms with Crippen molar-refractivity contribution in [1.29, 1.82) is 0 Å². The lowest BCUT2D eigenvalue weighted by Crippen LogP contribution is -2.10. The molecule has 0 radical (unpaired) electrons. The smallest absolute Gasteiger partial charge is 0.159 e. The number of hydrogen-bond donors (Lipinski definition) is 0. The molecule has 8 rings (SSSR count). The van der Waals surface area contributed by atoms with Crippen LogP contribution in [-0.2, 0) is 0 Å². The first-order chi connectivity index (χ1) is 19.3. The summed E-state index contributed by atoms with van der Waals surface area (Å²) in [6.07, 6.45) is 3.84. The van der Waals surface area contributed by atoms with Crippen molar-refractivity contribution in [3.63, 3.8) is 0 Å². The lowest BCUT2D eigenvalue weighted by Gasteiger charge is -2.26. The normalized spacial score (nSPS) is 11.6. The van der Waals surface area contributed by atoms with Crippen LogP contribution < -0.4 is 4.90 Å². The topological polar surface area (TPSA) is 29.3 Å². The maximum Gasteiger partial charge on any atom is 0.159 e. The van der Waals surface area contributed by atoms with Gasteiger partial charge in [-0.1, -0.05) is 78.9 Å². The van der Waals surface area contributed by atoms with Crippen LogP contribution in [0.25, 0.3) is 53.2 Å². The number of thiophene rings is 1. The molecule has 5 aromatic carbocycles. The van der Waals surface area contributed by atoms with Gasteiger partial charge in [-0.3, -0.25) is 4.98 Å². The highest BCUT2D eigenvalue weighted by Gasteiger charge is 2.22. The zero-order chi connectivity index (χ0) is 25.8. The summed E-state index contributed by atoms with van der Waals surface area (Å²) in [4.78, 5) is 6.73. The Kier molecular flexibility index (Phi) is 5.00. The lowest BCUT2D eigenvalue weighted by atomic mass is 10.0. The van der Waals surface area contributed by atoms with E-state index in [2.05, 4.69) is 119 Å². The number of pyridine rings is 1. The first-order valence-corrected chi connectivity index (χ1v) is 13.8. The molecule has 0 spiro atoms. The number of fused-ring (bicyclic) bond motifs is 6. The number of hydrogen-bond acceptors (Lipinski definition) is 4. The van der Waals surface area contributed by atoms with Gasteiger partial charge in [0.25, 0.3) is 0 Å². The summed E-state index contributed by atoms with van der Waals surface area (Å²) in [6, 6.07) is 42.7. The van der Waals surface area contributed by atoms with E-state index >= 15 is 0 Å². The van der Waals surface area contributed by atoms with Crippen molar-refractivity contribution in [2.24, 2.45) is 0 Å². The molecule has 3 aromatic heterocycles. The molecule has 0 aliphatic carbocycles. The van der Waals surface area contributed by atoms with Gasteiger partial charge < -0.3 is 9.32 Å². The minimum atomic E-state index is 0.879. The summed E-state index contributed by atoms with van der Waals surface area (Å²) >= 11 is 1.78. The zero-order valence-electron chi connectivity index (χ0n) is 20.9. The van der Waals surface area contributed by atoms with E-state index in [4.69, 9.17) is 4.42 Å². The van der Waals surface area contributed by atoms with Gasteiger partial charge in [0.15, 0.2) is 5.58 Å². The Bertz CT molecular complexity index is 2120. The van der Waals surface area contributed by atoms with Gasteiger partial charge in [-0.05, 0) is 53.6 Å². The molecule has 0 aliphatic rings. The highest BCUT2D eigenvalue weighted by atomic mass is 32.1. The second-order valence-corrected chi connectivity index (χ2v) is 10.7. The predicted molar refractivity (Wildman–Crippen MR) is 165 cm³/mol. The Morgan fingerprint density at radius 1 is 0.564 bits per heavy atom. The molecule has 3 heterocycles. The maximum atomic E-state index is 6.53. The van der Waals surface area contributed by atoms with Crippen LogP contribution in [0, 0.1) is 0 Å². The van der Waals surface area contributed by atoms with Gasteiger partial charge in [0.05, 0.1) is 16.1 Å². The van der Waals surface area contributed by atoms with Gasteiger partial charge in [0, 0.05) is 44.3 Å². The molecule has 8 aromatic rings. The molecular weight excluding hydrogens is 496 g/mol. The average Bonchev–Trinajstić information content (AvgIpc) is 3.58. The highest BCUT2D eigenvalue weighted by molar-refractivity contribution is 7.25. The molecule has 0 bridgehead atoms. The number of benzene rings is 5. The van der Waals surface area contributed by atoms with E-state index in [0.717, 1.165) is 39.0 Å². The zero-order valence-corrected chi connectivity index (χ0v) is 21.7. The lowest BCUT2D eigenvalue weighted by molar-refractivity contribution is 0.669. The molecule has 0 aliphatic heterocycles. The predicted octanol–water partition coefficient (Wildman–Crippen LogP) is 10.5. The fourth-order valence-corrected chi connectivity index (χ4v) is 6.69. The summed E-state index contributed by atoms with van der Waals surface area (Å²) in [7, 11) is 0. The SMILES string of the molecule is c1ccc(-c2ccc(N(c3cccc4c3oc3ccccc34)c3cccc4sc5cnccc5c34)cc2)cc1. The fourth-order valence-electron chi connectivity index (χ4n) is 5.60. The van der Waals surface area contributed by atoms with Gasteiger partial charge in [-0.15, -0.1) is 11.3 Å². The van der Waals surface area contributed by atoms with Crippen molar-refractivity contribution < 1.29 is 4.42 Å². The van der Waals surface area contributed by atoms with Gasteiger partial charge in [0.1, 0.15) is 5.58 Å². The first-order valence-electron chi connectivity index (χ1n) is 13.0. The monoisotopic (exact) mass is 518 g/mol. The standard InChI is InChI=1S/C35H22N2OS/c1-2-8-23(9-3-1)24-16-18-25(19-17-24)37(29-12-7-15-32-34(29)28-20-21-36-22-33(28)39-32)30-13-6-11-27-26-10-4-5-14-31(26)38-35(27)30/h1-22H. The van der Waals surface area contributed by atoms with Gasteiger partial charge in [-0.25, -0.2) is 0 Å². The molecule has 0 N–H and O–H groups in total. The number of anilines is 3. The van der Waals surface area contributed by atoms with Crippen LogP contribution in [-0.4, -0.2) is 4.98 Å². The van der Waals surface area contributed by atoms with E-state index in [1.165, 1.54) is 31.3 Å². The minimum absolute atomic E-state index is 0.879. The highest BCUT2D eigenvalue weighted by Crippen LogP contribution is 2.47. The Hall–Kier alpha value is -4.93. The minimum Gasteiger partial charge on any atom is -0.454 e. The van der Waals surface area contributed by atoms with E-state index in [9.17, 15) is 0 Å². The molecule has 3 nitrogen and oxygen atoms in total. The van der Waals surface area contributed by atoms with Crippen LogP contribution in [0.3, 0.4) is 0 Å². The molecular formula is C35H22N2OS. The Morgan fingerprint density at radius 3 is 2.21 bits per heavy atom.